The average Bonchev–Trinajstić information content (AvgIpc) is 3.12. The van der Waals surface area contributed by atoms with Crippen LogP contribution in [0.1, 0.15) is 49.6 Å². The molecule has 2 aromatic rings. The van der Waals surface area contributed by atoms with E-state index >= 15 is 0 Å². The Bertz CT molecular complexity index is 686. The second kappa shape index (κ2) is 11.7. The highest BCUT2D eigenvalue weighted by atomic mass is 127. The molecule has 2 aromatic heterocycles. The fourth-order valence-electron chi connectivity index (χ4n) is 2.56. The Kier molecular flexibility index (Phi) is 10.0. The van der Waals surface area contributed by atoms with Gasteiger partial charge in [-0.25, -0.2) is 4.98 Å². The van der Waals surface area contributed by atoms with Crippen LogP contribution in [0.25, 0.3) is 0 Å². The lowest BCUT2D eigenvalue weighted by Gasteiger charge is -2.11. The molecule has 26 heavy (non-hydrogen) atoms. The SMILES string of the molecule is CCC(CC)c1cc(CNC(=NC)NCc2ccnc(OC)c2)on1.I. The van der Waals surface area contributed by atoms with Crippen molar-refractivity contribution < 1.29 is 9.26 Å². The quantitative estimate of drug-likeness (QED) is 0.347. The molecule has 0 aromatic carbocycles. The van der Waals surface area contributed by atoms with Gasteiger partial charge in [0, 0.05) is 37.8 Å². The van der Waals surface area contributed by atoms with Crippen molar-refractivity contribution in [1.29, 1.82) is 0 Å². The topological polar surface area (TPSA) is 84.6 Å². The first-order chi connectivity index (χ1) is 12.2. The lowest BCUT2D eigenvalue weighted by atomic mass is 9.99. The van der Waals surface area contributed by atoms with Gasteiger partial charge >= 0.3 is 0 Å². The highest BCUT2D eigenvalue weighted by molar-refractivity contribution is 14.0. The zero-order valence-corrected chi connectivity index (χ0v) is 18.1. The summed E-state index contributed by atoms with van der Waals surface area (Å²) in [6.45, 7) is 5.49. The van der Waals surface area contributed by atoms with Gasteiger partial charge in [-0.05, 0) is 24.5 Å². The molecule has 2 heterocycles. The number of nitrogens with one attached hydrogen (secondary N) is 2. The maximum absolute atomic E-state index is 5.42. The molecule has 0 fully saturated rings. The van der Waals surface area contributed by atoms with Crippen molar-refractivity contribution in [2.75, 3.05) is 14.2 Å². The Morgan fingerprint density at radius 1 is 1.23 bits per heavy atom. The summed E-state index contributed by atoms with van der Waals surface area (Å²) in [6, 6.07) is 5.84. The highest BCUT2D eigenvalue weighted by Crippen LogP contribution is 2.22. The van der Waals surface area contributed by atoms with Crippen LogP contribution in [0.3, 0.4) is 0 Å². The van der Waals surface area contributed by atoms with Crippen molar-refractivity contribution in [3.63, 3.8) is 0 Å². The number of hydrogen-bond acceptors (Lipinski definition) is 5. The number of halogens is 1. The van der Waals surface area contributed by atoms with Crippen LogP contribution in [-0.2, 0) is 13.1 Å². The van der Waals surface area contributed by atoms with E-state index in [1.165, 1.54) is 0 Å². The molecular weight excluding hydrogens is 445 g/mol. The van der Waals surface area contributed by atoms with Crippen LogP contribution in [0.4, 0.5) is 0 Å². The number of pyridine rings is 1. The van der Waals surface area contributed by atoms with Gasteiger partial charge in [0.25, 0.3) is 0 Å². The summed E-state index contributed by atoms with van der Waals surface area (Å²) in [5.74, 6) is 2.54. The molecule has 7 nitrogen and oxygen atoms in total. The summed E-state index contributed by atoms with van der Waals surface area (Å²) >= 11 is 0. The molecule has 0 aliphatic rings. The minimum absolute atomic E-state index is 0. The van der Waals surface area contributed by atoms with Gasteiger partial charge in [0.1, 0.15) is 0 Å². The van der Waals surface area contributed by atoms with E-state index in [4.69, 9.17) is 9.26 Å². The molecule has 0 radical (unpaired) electrons. The van der Waals surface area contributed by atoms with Crippen molar-refractivity contribution in [1.82, 2.24) is 20.8 Å². The second-order valence-electron chi connectivity index (χ2n) is 5.72. The number of aromatic nitrogens is 2. The van der Waals surface area contributed by atoms with Crippen LogP contribution < -0.4 is 15.4 Å². The average molecular weight is 473 g/mol. The molecule has 0 aliphatic heterocycles. The highest BCUT2D eigenvalue weighted by Gasteiger charge is 2.13. The molecule has 0 atom stereocenters. The third-order valence-corrected chi connectivity index (χ3v) is 4.10. The maximum Gasteiger partial charge on any atom is 0.213 e. The number of aliphatic imine (C=N–C) groups is 1. The van der Waals surface area contributed by atoms with Gasteiger partial charge in [-0.1, -0.05) is 19.0 Å². The van der Waals surface area contributed by atoms with Gasteiger partial charge in [-0.15, -0.1) is 24.0 Å². The molecule has 2 rings (SSSR count). The second-order valence-corrected chi connectivity index (χ2v) is 5.72. The zero-order chi connectivity index (χ0) is 18.1. The molecule has 0 spiro atoms. The van der Waals surface area contributed by atoms with E-state index in [0.717, 1.165) is 29.9 Å². The minimum atomic E-state index is 0. The number of methoxy groups -OCH3 is 1. The molecule has 0 bridgehead atoms. The molecule has 2 N–H and O–H groups in total. The van der Waals surface area contributed by atoms with Gasteiger partial charge in [0.15, 0.2) is 11.7 Å². The molecule has 144 valence electrons. The largest absolute Gasteiger partial charge is 0.481 e. The summed E-state index contributed by atoms with van der Waals surface area (Å²) < 4.78 is 10.5. The van der Waals surface area contributed by atoms with Crippen LogP contribution >= 0.6 is 24.0 Å². The molecule has 0 aliphatic carbocycles. The van der Waals surface area contributed by atoms with E-state index in [-0.39, 0.29) is 24.0 Å². The van der Waals surface area contributed by atoms with Crippen molar-refractivity contribution in [3.05, 3.63) is 41.4 Å². The Balaban J connectivity index is 0.00000338. The van der Waals surface area contributed by atoms with E-state index in [9.17, 15) is 0 Å². The molecule has 0 amide bonds. The van der Waals surface area contributed by atoms with Gasteiger partial charge < -0.3 is 19.9 Å². The van der Waals surface area contributed by atoms with Gasteiger partial charge in [-0.3, -0.25) is 4.99 Å². The molecular formula is C18H28IN5O2. The minimum Gasteiger partial charge on any atom is -0.481 e. The van der Waals surface area contributed by atoms with E-state index in [2.05, 4.69) is 39.6 Å². The van der Waals surface area contributed by atoms with Crippen molar-refractivity contribution in [3.8, 4) is 5.88 Å². The standard InChI is InChI=1S/C18H27N5O2.HI/c1-5-14(6-2)16-10-15(25-23-16)12-22-18(19-3)21-11-13-7-8-20-17(9-13)24-4;/h7-10,14H,5-6,11-12H2,1-4H3,(H2,19,21,22);1H. The Labute approximate surface area is 172 Å². The number of ether oxygens (including phenoxy) is 1. The Hall–Kier alpha value is -1.84. The molecule has 0 saturated carbocycles. The van der Waals surface area contributed by atoms with Crippen LogP contribution in [0, 0.1) is 0 Å². The summed E-state index contributed by atoms with van der Waals surface area (Å²) in [5, 5.41) is 10.7. The van der Waals surface area contributed by atoms with Crippen molar-refractivity contribution >= 4 is 29.9 Å². The summed E-state index contributed by atoms with van der Waals surface area (Å²) in [7, 11) is 3.34. The number of nitrogens with zero attached hydrogens (tertiary/aromatic N) is 3. The summed E-state index contributed by atoms with van der Waals surface area (Å²) in [6.07, 6.45) is 3.85. The first-order valence-electron chi connectivity index (χ1n) is 8.59. The number of guanidine groups is 1. The predicted octanol–water partition coefficient (Wildman–Crippen LogP) is 3.47. The van der Waals surface area contributed by atoms with Crippen LogP contribution in [-0.4, -0.2) is 30.3 Å². The summed E-state index contributed by atoms with van der Waals surface area (Å²) in [4.78, 5) is 8.32. The first kappa shape index (κ1) is 22.2. The normalized spacial score (nSPS) is 11.2. The monoisotopic (exact) mass is 473 g/mol. The molecule has 8 heteroatoms. The predicted molar refractivity (Wildman–Crippen MR) is 113 cm³/mol. The fourth-order valence-corrected chi connectivity index (χ4v) is 2.56. The van der Waals surface area contributed by atoms with Crippen molar-refractivity contribution in [2.45, 2.75) is 45.7 Å². The van der Waals surface area contributed by atoms with Crippen LogP contribution in [0.2, 0.25) is 0 Å². The summed E-state index contributed by atoms with van der Waals surface area (Å²) in [5.41, 5.74) is 2.08. The van der Waals surface area contributed by atoms with E-state index < -0.39 is 0 Å². The number of hydrogen-bond donors (Lipinski definition) is 2. The van der Waals surface area contributed by atoms with E-state index in [0.29, 0.717) is 30.8 Å². The fraction of sp³-hybridized carbons (Fsp3) is 0.500. The van der Waals surface area contributed by atoms with Crippen LogP contribution in [0.5, 0.6) is 5.88 Å². The van der Waals surface area contributed by atoms with E-state index in [1.807, 2.05) is 18.2 Å². The smallest absolute Gasteiger partial charge is 0.213 e. The van der Waals surface area contributed by atoms with Gasteiger partial charge in [-0.2, -0.15) is 0 Å². The molecule has 0 saturated heterocycles. The van der Waals surface area contributed by atoms with Crippen LogP contribution in [0.15, 0.2) is 33.9 Å². The third-order valence-electron chi connectivity index (χ3n) is 4.10. The van der Waals surface area contributed by atoms with E-state index in [1.54, 1.807) is 20.4 Å². The third kappa shape index (κ3) is 6.47. The Morgan fingerprint density at radius 2 is 1.96 bits per heavy atom. The van der Waals surface area contributed by atoms with Gasteiger partial charge in [0.2, 0.25) is 5.88 Å². The first-order valence-corrected chi connectivity index (χ1v) is 8.59. The van der Waals surface area contributed by atoms with Gasteiger partial charge in [0.05, 0.1) is 19.3 Å². The van der Waals surface area contributed by atoms with Crippen molar-refractivity contribution in [2.24, 2.45) is 4.99 Å². The lowest BCUT2D eigenvalue weighted by Crippen LogP contribution is -2.36. The number of rotatable bonds is 8. The lowest BCUT2D eigenvalue weighted by molar-refractivity contribution is 0.368. The molecule has 0 unspecified atom stereocenters. The zero-order valence-electron chi connectivity index (χ0n) is 15.8. The maximum atomic E-state index is 5.42. The Morgan fingerprint density at radius 3 is 2.62 bits per heavy atom.